The molecule has 0 unspecified atom stereocenters. The first-order valence-electron chi connectivity index (χ1n) is 8.22. The monoisotopic (exact) mass is 343 g/mol. The second-order valence-corrected chi connectivity index (χ2v) is 6.64. The number of carbonyl (C=O) groups excluding carboxylic acids is 1. The highest BCUT2D eigenvalue weighted by atomic mass is 32.2. The Balaban J connectivity index is 2.07. The molecule has 0 aliphatic rings. The van der Waals surface area contributed by atoms with Crippen LogP contribution < -0.4 is 5.32 Å². The predicted molar refractivity (Wildman–Crippen MR) is 101 cm³/mol. The molecule has 128 valence electrons. The molecule has 0 bridgehead atoms. The van der Waals surface area contributed by atoms with Gasteiger partial charge >= 0.3 is 0 Å². The van der Waals surface area contributed by atoms with Crippen LogP contribution in [0.25, 0.3) is 0 Å². The molecule has 1 heterocycles. The zero-order valence-electron chi connectivity index (χ0n) is 15.1. The quantitative estimate of drug-likeness (QED) is 0.629. The molecule has 0 spiro atoms. The summed E-state index contributed by atoms with van der Waals surface area (Å²) in [5.74, 6) is 0.0340. The maximum Gasteiger partial charge on any atom is 0.224 e. The third-order valence-corrected chi connectivity index (χ3v) is 4.74. The van der Waals surface area contributed by atoms with Gasteiger partial charge in [0.1, 0.15) is 0 Å². The molecule has 2 aromatic rings. The maximum absolute atomic E-state index is 12.4. The topological polar surface area (TPSA) is 54.9 Å². The van der Waals surface area contributed by atoms with Gasteiger partial charge in [-0.2, -0.15) is 0 Å². The fourth-order valence-corrected chi connectivity index (χ4v) is 3.26. The SMILES string of the molecule is CCc1cccc(C)c1NC(=O)CCc1c(C)nc(SC)nc1C. The van der Waals surface area contributed by atoms with E-state index in [9.17, 15) is 4.79 Å². The molecule has 5 heteroatoms. The smallest absolute Gasteiger partial charge is 0.224 e. The normalized spacial score (nSPS) is 10.7. The second kappa shape index (κ2) is 8.29. The average molecular weight is 343 g/mol. The van der Waals surface area contributed by atoms with Crippen molar-refractivity contribution in [3.05, 3.63) is 46.3 Å². The van der Waals surface area contributed by atoms with E-state index in [0.717, 1.165) is 39.8 Å². The summed E-state index contributed by atoms with van der Waals surface area (Å²) in [6.45, 7) is 8.09. The van der Waals surface area contributed by atoms with Gasteiger partial charge in [0.05, 0.1) is 0 Å². The number of hydrogen-bond acceptors (Lipinski definition) is 4. The minimum absolute atomic E-state index is 0.0340. The minimum atomic E-state index is 0.0340. The fraction of sp³-hybridized carbons (Fsp3) is 0.421. The van der Waals surface area contributed by atoms with E-state index in [-0.39, 0.29) is 5.91 Å². The number of rotatable bonds is 6. The van der Waals surface area contributed by atoms with Gasteiger partial charge in [-0.05, 0) is 56.6 Å². The van der Waals surface area contributed by atoms with Crippen molar-refractivity contribution in [1.82, 2.24) is 9.97 Å². The highest BCUT2D eigenvalue weighted by Crippen LogP contribution is 2.22. The lowest BCUT2D eigenvalue weighted by Crippen LogP contribution is -2.15. The summed E-state index contributed by atoms with van der Waals surface area (Å²) in [6, 6.07) is 6.12. The zero-order valence-corrected chi connectivity index (χ0v) is 15.9. The van der Waals surface area contributed by atoms with Crippen LogP contribution in [0.1, 0.15) is 41.4 Å². The molecule has 1 aromatic carbocycles. The van der Waals surface area contributed by atoms with Gasteiger partial charge in [0.25, 0.3) is 0 Å². The van der Waals surface area contributed by atoms with Gasteiger partial charge in [-0.25, -0.2) is 9.97 Å². The van der Waals surface area contributed by atoms with E-state index in [1.165, 1.54) is 17.3 Å². The van der Waals surface area contributed by atoms with Crippen LogP contribution >= 0.6 is 11.8 Å². The summed E-state index contributed by atoms with van der Waals surface area (Å²) in [7, 11) is 0. The molecule has 4 nitrogen and oxygen atoms in total. The summed E-state index contributed by atoms with van der Waals surface area (Å²) >= 11 is 1.54. The van der Waals surface area contributed by atoms with Crippen LogP contribution in [0.4, 0.5) is 5.69 Å². The number of nitrogens with one attached hydrogen (secondary N) is 1. The number of aromatic nitrogens is 2. The lowest BCUT2D eigenvalue weighted by molar-refractivity contribution is -0.116. The van der Waals surface area contributed by atoms with Crippen molar-refractivity contribution >= 4 is 23.4 Å². The van der Waals surface area contributed by atoms with E-state index in [2.05, 4.69) is 28.3 Å². The first-order valence-corrected chi connectivity index (χ1v) is 9.45. The Morgan fingerprint density at radius 1 is 1.17 bits per heavy atom. The van der Waals surface area contributed by atoms with Crippen LogP contribution in [-0.2, 0) is 17.6 Å². The Bertz CT molecular complexity index is 720. The average Bonchev–Trinajstić information content (AvgIpc) is 2.55. The number of nitrogens with zero attached hydrogens (tertiary/aromatic N) is 2. The van der Waals surface area contributed by atoms with Crippen molar-refractivity contribution in [3.8, 4) is 0 Å². The van der Waals surface area contributed by atoms with Crippen LogP contribution in [0.15, 0.2) is 23.4 Å². The molecule has 1 aromatic heterocycles. The number of amides is 1. The summed E-state index contributed by atoms with van der Waals surface area (Å²) in [4.78, 5) is 21.3. The number of benzene rings is 1. The van der Waals surface area contributed by atoms with Gasteiger partial charge in [-0.1, -0.05) is 36.9 Å². The summed E-state index contributed by atoms with van der Waals surface area (Å²) in [5, 5.41) is 3.86. The number of carbonyl (C=O) groups is 1. The van der Waals surface area contributed by atoms with E-state index >= 15 is 0 Å². The molecule has 1 amide bonds. The van der Waals surface area contributed by atoms with Crippen LogP contribution in [0.3, 0.4) is 0 Å². The third-order valence-electron chi connectivity index (χ3n) is 4.19. The molecule has 0 aliphatic heterocycles. The Morgan fingerprint density at radius 3 is 2.42 bits per heavy atom. The lowest BCUT2D eigenvalue weighted by Gasteiger charge is -2.14. The molecule has 1 N–H and O–H groups in total. The molecule has 0 saturated heterocycles. The number of anilines is 1. The van der Waals surface area contributed by atoms with Crippen molar-refractivity contribution in [2.24, 2.45) is 0 Å². The van der Waals surface area contributed by atoms with Crippen molar-refractivity contribution in [2.45, 2.75) is 52.1 Å². The van der Waals surface area contributed by atoms with E-state index in [0.29, 0.717) is 12.8 Å². The Morgan fingerprint density at radius 2 is 1.83 bits per heavy atom. The highest BCUT2D eigenvalue weighted by molar-refractivity contribution is 7.98. The van der Waals surface area contributed by atoms with E-state index in [1.807, 2.05) is 39.2 Å². The molecule has 0 atom stereocenters. The highest BCUT2D eigenvalue weighted by Gasteiger charge is 2.12. The zero-order chi connectivity index (χ0) is 17.7. The van der Waals surface area contributed by atoms with Crippen molar-refractivity contribution < 1.29 is 4.79 Å². The van der Waals surface area contributed by atoms with Gasteiger partial charge in [-0.15, -0.1) is 0 Å². The third kappa shape index (κ3) is 4.35. The molecular weight excluding hydrogens is 318 g/mol. The Kier molecular flexibility index (Phi) is 6.37. The van der Waals surface area contributed by atoms with Crippen LogP contribution in [-0.4, -0.2) is 22.1 Å². The van der Waals surface area contributed by atoms with E-state index in [4.69, 9.17) is 0 Å². The standard InChI is InChI=1S/C19H25N3OS/c1-6-15-9-7-8-12(2)18(15)22-17(23)11-10-16-13(3)20-19(24-5)21-14(16)4/h7-9H,6,10-11H2,1-5H3,(H,22,23). The number of aryl methyl sites for hydroxylation is 4. The summed E-state index contributed by atoms with van der Waals surface area (Å²) in [6.07, 6.45) is 3.96. The summed E-state index contributed by atoms with van der Waals surface area (Å²) < 4.78 is 0. The number of thioether (sulfide) groups is 1. The van der Waals surface area contributed by atoms with Crippen LogP contribution in [0, 0.1) is 20.8 Å². The van der Waals surface area contributed by atoms with Crippen molar-refractivity contribution in [1.29, 1.82) is 0 Å². The molecule has 0 aliphatic carbocycles. The first-order chi connectivity index (χ1) is 11.5. The Hall–Kier alpha value is -1.88. The van der Waals surface area contributed by atoms with E-state index in [1.54, 1.807) is 0 Å². The van der Waals surface area contributed by atoms with Gasteiger partial charge in [-0.3, -0.25) is 4.79 Å². The number of para-hydroxylation sites is 1. The molecule has 2 rings (SSSR count). The van der Waals surface area contributed by atoms with Crippen molar-refractivity contribution in [2.75, 3.05) is 11.6 Å². The lowest BCUT2D eigenvalue weighted by atomic mass is 10.0. The molecule has 0 saturated carbocycles. The minimum Gasteiger partial charge on any atom is -0.326 e. The predicted octanol–water partition coefficient (Wildman–Crippen LogP) is 4.26. The molecule has 0 radical (unpaired) electrons. The molecule has 0 fully saturated rings. The van der Waals surface area contributed by atoms with Crippen molar-refractivity contribution in [3.63, 3.8) is 0 Å². The Labute approximate surface area is 148 Å². The number of hydrogen-bond donors (Lipinski definition) is 1. The molecular formula is C19H25N3OS. The van der Waals surface area contributed by atoms with Gasteiger partial charge in [0, 0.05) is 23.5 Å². The fourth-order valence-electron chi connectivity index (χ4n) is 2.80. The largest absolute Gasteiger partial charge is 0.326 e. The summed E-state index contributed by atoms with van der Waals surface area (Å²) in [5.41, 5.74) is 6.22. The first kappa shape index (κ1) is 18.5. The van der Waals surface area contributed by atoms with Gasteiger partial charge in [0.2, 0.25) is 5.91 Å². The maximum atomic E-state index is 12.4. The van der Waals surface area contributed by atoms with Crippen LogP contribution in [0.2, 0.25) is 0 Å². The van der Waals surface area contributed by atoms with Gasteiger partial charge in [0.15, 0.2) is 5.16 Å². The van der Waals surface area contributed by atoms with Crippen LogP contribution in [0.5, 0.6) is 0 Å². The van der Waals surface area contributed by atoms with E-state index < -0.39 is 0 Å². The molecule has 24 heavy (non-hydrogen) atoms. The van der Waals surface area contributed by atoms with Gasteiger partial charge < -0.3 is 5.32 Å². The second-order valence-electron chi connectivity index (χ2n) is 5.87.